The molecule has 0 radical (unpaired) electrons. The maximum atomic E-state index is 13.1. The summed E-state index contributed by atoms with van der Waals surface area (Å²) in [7, 11) is 1.61. The average molecular weight is 398 g/mol. The zero-order valence-corrected chi connectivity index (χ0v) is 16.6. The van der Waals surface area contributed by atoms with Gasteiger partial charge in [-0.25, -0.2) is 4.79 Å². The van der Waals surface area contributed by atoms with Crippen molar-refractivity contribution < 1.29 is 9.15 Å². The first-order valence-corrected chi connectivity index (χ1v) is 10.2. The van der Waals surface area contributed by atoms with Gasteiger partial charge in [0.1, 0.15) is 11.3 Å². The Balaban J connectivity index is 1.79. The van der Waals surface area contributed by atoms with E-state index in [4.69, 9.17) is 9.15 Å². The quantitative estimate of drug-likeness (QED) is 0.392. The van der Waals surface area contributed by atoms with Crippen LogP contribution in [0.5, 0.6) is 5.75 Å². The molecule has 0 bridgehead atoms. The van der Waals surface area contributed by atoms with Crippen molar-refractivity contribution in [2.24, 2.45) is 0 Å². The summed E-state index contributed by atoms with van der Waals surface area (Å²) in [6, 6.07) is 25.9. The molecule has 0 spiro atoms. The number of fused-ring (bicyclic) bond motifs is 2. The first kappa shape index (κ1) is 17.8. The molecule has 1 aliphatic heterocycles. The van der Waals surface area contributed by atoms with E-state index in [0.29, 0.717) is 16.9 Å². The summed E-state index contributed by atoms with van der Waals surface area (Å²) in [4.78, 5) is 15.3. The van der Waals surface area contributed by atoms with Crippen molar-refractivity contribution in [3.63, 3.8) is 0 Å². The van der Waals surface area contributed by atoms with Gasteiger partial charge in [0.25, 0.3) is 0 Å². The summed E-state index contributed by atoms with van der Waals surface area (Å²) in [6.45, 7) is 0. The molecule has 29 heavy (non-hydrogen) atoms. The number of para-hydroxylation sites is 1. The fourth-order valence-electron chi connectivity index (χ4n) is 3.84. The van der Waals surface area contributed by atoms with E-state index in [-0.39, 0.29) is 11.5 Å². The number of hydrogen-bond donors (Lipinski definition) is 0. The van der Waals surface area contributed by atoms with Crippen LogP contribution in [0.2, 0.25) is 0 Å². The Hall–Kier alpha value is -3.24. The average Bonchev–Trinajstić information content (AvgIpc) is 2.78. The fraction of sp³-hybridized carbons (Fsp3) is 0.0800. The van der Waals surface area contributed by atoms with Gasteiger partial charge in [0, 0.05) is 15.7 Å². The van der Waals surface area contributed by atoms with Crippen molar-refractivity contribution in [1.82, 2.24) is 0 Å². The van der Waals surface area contributed by atoms with Crippen LogP contribution in [-0.4, -0.2) is 7.11 Å². The van der Waals surface area contributed by atoms with E-state index in [2.05, 4.69) is 30.3 Å². The number of thioether (sulfide) groups is 1. The van der Waals surface area contributed by atoms with Gasteiger partial charge in [0.15, 0.2) is 0 Å². The molecule has 1 unspecified atom stereocenters. The van der Waals surface area contributed by atoms with Crippen LogP contribution in [0.4, 0.5) is 0 Å². The minimum Gasteiger partial charge on any atom is -0.495 e. The zero-order chi connectivity index (χ0) is 19.8. The third-order valence-corrected chi connectivity index (χ3v) is 6.35. The summed E-state index contributed by atoms with van der Waals surface area (Å²) >= 11 is 1.72. The van der Waals surface area contributed by atoms with Crippen molar-refractivity contribution in [3.05, 3.63) is 112 Å². The first-order valence-electron chi connectivity index (χ1n) is 9.40. The topological polar surface area (TPSA) is 39.4 Å². The second-order valence-corrected chi connectivity index (χ2v) is 7.93. The number of allylic oxidation sites excluding steroid dienone is 1. The minimum absolute atomic E-state index is 0.251. The molecule has 3 nitrogen and oxygen atoms in total. The summed E-state index contributed by atoms with van der Waals surface area (Å²) in [5.74, 6) is 0.325. The zero-order valence-electron chi connectivity index (χ0n) is 15.8. The molecule has 0 saturated heterocycles. The van der Waals surface area contributed by atoms with Gasteiger partial charge < -0.3 is 9.15 Å². The minimum atomic E-state index is -0.365. The van der Waals surface area contributed by atoms with E-state index in [1.807, 2.05) is 48.5 Å². The smallest absolute Gasteiger partial charge is 0.344 e. The lowest BCUT2D eigenvalue weighted by atomic mass is 9.89. The molecule has 5 rings (SSSR count). The lowest BCUT2D eigenvalue weighted by molar-refractivity contribution is 0.405. The van der Waals surface area contributed by atoms with Gasteiger partial charge in [0.05, 0.1) is 18.1 Å². The molecule has 1 aromatic heterocycles. The van der Waals surface area contributed by atoms with Crippen molar-refractivity contribution in [1.29, 1.82) is 0 Å². The van der Waals surface area contributed by atoms with Crippen molar-refractivity contribution in [3.8, 4) is 5.75 Å². The number of benzene rings is 3. The molecule has 142 valence electrons. The highest BCUT2D eigenvalue weighted by molar-refractivity contribution is 8.08. The highest BCUT2D eigenvalue weighted by Gasteiger charge is 2.29. The Morgan fingerprint density at radius 3 is 2.45 bits per heavy atom. The third-order valence-electron chi connectivity index (χ3n) is 5.16. The van der Waals surface area contributed by atoms with Gasteiger partial charge in [-0.05, 0) is 29.3 Å². The Labute approximate surface area is 172 Å². The Bertz CT molecular complexity index is 1290. The van der Waals surface area contributed by atoms with E-state index in [9.17, 15) is 4.79 Å². The predicted molar refractivity (Wildman–Crippen MR) is 118 cm³/mol. The summed E-state index contributed by atoms with van der Waals surface area (Å²) in [6.07, 6.45) is 2.14. The van der Waals surface area contributed by atoms with E-state index in [1.54, 1.807) is 24.9 Å². The SMILES string of the molecule is COc1c(C2C=C(c3ccccc3)Sc3ccccc32)c(=O)oc2ccccc12. The monoisotopic (exact) mass is 398 g/mol. The molecule has 1 atom stereocenters. The van der Waals surface area contributed by atoms with Crippen LogP contribution in [-0.2, 0) is 0 Å². The third kappa shape index (κ3) is 3.06. The fourth-order valence-corrected chi connectivity index (χ4v) is 5.00. The molecule has 3 aromatic carbocycles. The van der Waals surface area contributed by atoms with E-state index in [1.165, 1.54) is 0 Å². The molecule has 1 aliphatic rings. The van der Waals surface area contributed by atoms with Gasteiger partial charge in [0.2, 0.25) is 0 Å². The van der Waals surface area contributed by atoms with Gasteiger partial charge in [-0.1, -0.05) is 78.5 Å². The molecule has 0 fully saturated rings. The van der Waals surface area contributed by atoms with Crippen LogP contribution < -0.4 is 10.4 Å². The van der Waals surface area contributed by atoms with Gasteiger partial charge in [-0.2, -0.15) is 0 Å². The molecule has 0 amide bonds. The molecule has 4 aromatic rings. The summed E-state index contributed by atoms with van der Waals surface area (Å²) in [5.41, 5.74) is 2.91. The van der Waals surface area contributed by atoms with Crippen LogP contribution >= 0.6 is 11.8 Å². The molecule has 4 heteroatoms. The maximum absolute atomic E-state index is 13.1. The van der Waals surface area contributed by atoms with Crippen molar-refractivity contribution in [2.45, 2.75) is 10.8 Å². The lowest BCUT2D eigenvalue weighted by Crippen LogP contribution is -2.16. The van der Waals surface area contributed by atoms with Crippen LogP contribution in [0.15, 0.2) is 99.0 Å². The highest BCUT2D eigenvalue weighted by atomic mass is 32.2. The first-order chi connectivity index (χ1) is 14.3. The molecular weight excluding hydrogens is 380 g/mol. The lowest BCUT2D eigenvalue weighted by Gasteiger charge is -2.25. The van der Waals surface area contributed by atoms with Gasteiger partial charge >= 0.3 is 5.63 Å². The molecule has 0 saturated carbocycles. The standard InChI is InChI=1S/C25H18O3S/c1-27-24-18-12-5-7-13-20(18)28-25(26)23(24)19-15-22(16-9-3-2-4-10-16)29-21-14-8-6-11-17(19)21/h2-15,19H,1H3. The second-order valence-electron chi connectivity index (χ2n) is 6.85. The molecule has 0 N–H and O–H groups in total. The Morgan fingerprint density at radius 1 is 0.897 bits per heavy atom. The Kier molecular flexibility index (Phi) is 4.49. The normalized spacial score (nSPS) is 15.6. The Morgan fingerprint density at radius 2 is 1.62 bits per heavy atom. The van der Waals surface area contributed by atoms with Crippen molar-refractivity contribution >= 4 is 27.6 Å². The van der Waals surface area contributed by atoms with E-state index >= 15 is 0 Å². The van der Waals surface area contributed by atoms with Crippen LogP contribution in [0.3, 0.4) is 0 Å². The van der Waals surface area contributed by atoms with E-state index < -0.39 is 0 Å². The number of methoxy groups -OCH3 is 1. The number of hydrogen-bond acceptors (Lipinski definition) is 4. The molecule has 0 aliphatic carbocycles. The van der Waals surface area contributed by atoms with Gasteiger partial charge in [-0.3, -0.25) is 0 Å². The predicted octanol–water partition coefficient (Wildman–Crippen LogP) is 6.08. The summed E-state index contributed by atoms with van der Waals surface area (Å²) < 4.78 is 11.4. The second kappa shape index (κ2) is 7.30. The van der Waals surface area contributed by atoms with Crippen molar-refractivity contribution in [2.75, 3.05) is 7.11 Å². The number of ether oxygens (including phenoxy) is 1. The largest absolute Gasteiger partial charge is 0.495 e. The van der Waals surface area contributed by atoms with Crippen LogP contribution in [0.25, 0.3) is 15.9 Å². The van der Waals surface area contributed by atoms with Crippen LogP contribution in [0.1, 0.15) is 22.6 Å². The number of rotatable bonds is 3. The molecular formula is C25H18O3S. The molecule has 2 heterocycles. The highest BCUT2D eigenvalue weighted by Crippen LogP contribution is 2.48. The van der Waals surface area contributed by atoms with E-state index in [0.717, 1.165) is 26.3 Å². The maximum Gasteiger partial charge on any atom is 0.344 e. The summed E-state index contributed by atoms with van der Waals surface area (Å²) in [5, 5.41) is 0.801. The van der Waals surface area contributed by atoms with Gasteiger partial charge in [-0.15, -0.1) is 0 Å². The van der Waals surface area contributed by atoms with Crippen LogP contribution in [0, 0.1) is 0 Å².